The summed E-state index contributed by atoms with van der Waals surface area (Å²) in [4.78, 5) is 40.2. The van der Waals surface area contributed by atoms with E-state index in [0.717, 1.165) is 18.2 Å². The molecule has 0 saturated carbocycles. The van der Waals surface area contributed by atoms with Crippen molar-refractivity contribution in [1.29, 1.82) is 0 Å². The van der Waals surface area contributed by atoms with Gasteiger partial charge in [0.2, 0.25) is 5.91 Å². The number of hydrogen-bond acceptors (Lipinski definition) is 6. The Morgan fingerprint density at radius 1 is 1.28 bits per heavy atom. The molecule has 9 heteroatoms. The molecular weight excluding hydrogens is 392 g/mol. The summed E-state index contributed by atoms with van der Waals surface area (Å²) >= 11 is 1.16. The quantitative estimate of drug-likeness (QED) is 0.272. The van der Waals surface area contributed by atoms with Crippen molar-refractivity contribution in [1.82, 2.24) is 9.55 Å². The van der Waals surface area contributed by atoms with Gasteiger partial charge in [0, 0.05) is 23.9 Å². The van der Waals surface area contributed by atoms with E-state index in [2.05, 4.69) is 10.3 Å². The molecule has 0 bridgehead atoms. The molecule has 0 radical (unpaired) electrons. The van der Waals surface area contributed by atoms with Crippen LogP contribution in [-0.4, -0.2) is 26.1 Å². The fourth-order valence-electron chi connectivity index (χ4n) is 2.82. The molecule has 8 nitrogen and oxygen atoms in total. The largest absolute Gasteiger partial charge is 0.325 e. The van der Waals surface area contributed by atoms with Crippen LogP contribution in [0.2, 0.25) is 0 Å². The molecule has 0 fully saturated rings. The van der Waals surface area contributed by atoms with Gasteiger partial charge in [-0.05, 0) is 31.5 Å². The monoisotopic (exact) mass is 412 g/mol. The van der Waals surface area contributed by atoms with Crippen LogP contribution in [0.15, 0.2) is 58.5 Å². The number of carbonyl (C=O) groups excluding carboxylic acids is 1. The zero-order valence-electron chi connectivity index (χ0n) is 16.0. The molecule has 0 aliphatic heterocycles. The molecule has 0 aliphatic rings. The third kappa shape index (κ3) is 4.62. The van der Waals surface area contributed by atoms with Crippen molar-refractivity contribution in [2.24, 2.45) is 0 Å². The van der Waals surface area contributed by atoms with Crippen LogP contribution in [0, 0.1) is 10.1 Å². The van der Waals surface area contributed by atoms with E-state index in [1.165, 1.54) is 18.2 Å². The van der Waals surface area contributed by atoms with Crippen molar-refractivity contribution < 1.29 is 9.72 Å². The standard InChI is InChI=1S/C20H20N4O4S/c1-3-13(2)23-19(26)16-9-4-5-10-17(16)22-20(23)29-12-18(25)21-14-7-6-8-15(11-14)24(27)28/h4-11,13H,3,12H2,1-2H3,(H,21,25)/t13-/m1/s1. The Labute approximate surface area is 171 Å². The van der Waals surface area contributed by atoms with Crippen LogP contribution in [0.4, 0.5) is 11.4 Å². The molecule has 2 aromatic carbocycles. The minimum absolute atomic E-state index is 0.0178. The van der Waals surface area contributed by atoms with Crippen molar-refractivity contribution >= 4 is 39.9 Å². The first-order valence-corrected chi connectivity index (χ1v) is 10.1. The van der Waals surface area contributed by atoms with Gasteiger partial charge in [-0.15, -0.1) is 0 Å². The fraction of sp³-hybridized carbons (Fsp3) is 0.250. The number of aromatic nitrogens is 2. The maximum Gasteiger partial charge on any atom is 0.271 e. The smallest absolute Gasteiger partial charge is 0.271 e. The van der Waals surface area contributed by atoms with Crippen LogP contribution in [0.1, 0.15) is 26.3 Å². The van der Waals surface area contributed by atoms with Gasteiger partial charge in [0.1, 0.15) is 0 Å². The summed E-state index contributed by atoms with van der Waals surface area (Å²) < 4.78 is 1.62. The molecule has 1 amide bonds. The lowest BCUT2D eigenvalue weighted by atomic mass is 10.2. The molecule has 150 valence electrons. The minimum atomic E-state index is -0.520. The Balaban J connectivity index is 1.82. The lowest BCUT2D eigenvalue weighted by molar-refractivity contribution is -0.384. The summed E-state index contributed by atoms with van der Waals surface area (Å²) in [6, 6.07) is 12.8. The number of carbonyl (C=O) groups is 1. The number of nitro groups is 1. The molecule has 1 N–H and O–H groups in total. The first-order valence-electron chi connectivity index (χ1n) is 9.09. The average Bonchev–Trinajstić information content (AvgIpc) is 2.72. The van der Waals surface area contributed by atoms with Crippen LogP contribution >= 0.6 is 11.8 Å². The number of non-ortho nitro benzene ring substituents is 1. The number of thioether (sulfide) groups is 1. The predicted molar refractivity (Wildman–Crippen MR) is 113 cm³/mol. The van der Waals surface area contributed by atoms with Gasteiger partial charge in [0.25, 0.3) is 11.2 Å². The second kappa shape index (κ2) is 8.87. The Kier molecular flexibility index (Phi) is 6.28. The fourth-order valence-corrected chi connectivity index (χ4v) is 3.72. The van der Waals surface area contributed by atoms with Gasteiger partial charge in [-0.25, -0.2) is 4.98 Å². The van der Waals surface area contributed by atoms with E-state index in [0.29, 0.717) is 21.7 Å². The number of amides is 1. The Bertz CT molecular complexity index is 1130. The number of rotatable bonds is 7. The predicted octanol–water partition coefficient (Wildman–Crippen LogP) is 4.01. The van der Waals surface area contributed by atoms with Gasteiger partial charge in [-0.3, -0.25) is 24.3 Å². The van der Waals surface area contributed by atoms with Crippen molar-refractivity contribution in [3.8, 4) is 0 Å². The molecule has 0 aliphatic carbocycles. The van der Waals surface area contributed by atoms with E-state index in [1.807, 2.05) is 19.9 Å². The molecule has 0 saturated heterocycles. The Morgan fingerprint density at radius 3 is 2.76 bits per heavy atom. The van der Waals surface area contributed by atoms with Crippen molar-refractivity contribution in [2.45, 2.75) is 31.5 Å². The lowest BCUT2D eigenvalue weighted by Crippen LogP contribution is -2.26. The highest BCUT2D eigenvalue weighted by molar-refractivity contribution is 7.99. The highest BCUT2D eigenvalue weighted by Crippen LogP contribution is 2.23. The zero-order chi connectivity index (χ0) is 21.0. The maximum absolute atomic E-state index is 12.9. The third-order valence-electron chi connectivity index (χ3n) is 4.48. The summed E-state index contributed by atoms with van der Waals surface area (Å²) in [5.41, 5.74) is 0.693. The number of para-hydroxylation sites is 1. The van der Waals surface area contributed by atoms with Crippen LogP contribution in [0.5, 0.6) is 0 Å². The zero-order valence-corrected chi connectivity index (χ0v) is 16.8. The molecular formula is C20H20N4O4S. The number of hydrogen-bond donors (Lipinski definition) is 1. The van der Waals surface area contributed by atoms with Crippen molar-refractivity contribution in [3.05, 3.63) is 69.0 Å². The van der Waals surface area contributed by atoms with E-state index >= 15 is 0 Å². The summed E-state index contributed by atoms with van der Waals surface area (Å²) in [6.45, 7) is 3.92. The first kappa shape index (κ1) is 20.5. The van der Waals surface area contributed by atoms with Crippen molar-refractivity contribution in [2.75, 3.05) is 11.1 Å². The lowest BCUT2D eigenvalue weighted by Gasteiger charge is -2.18. The number of fused-ring (bicyclic) bond motifs is 1. The topological polar surface area (TPSA) is 107 Å². The highest BCUT2D eigenvalue weighted by Gasteiger charge is 2.17. The van der Waals surface area contributed by atoms with E-state index in [1.54, 1.807) is 28.8 Å². The molecule has 3 aromatic rings. The van der Waals surface area contributed by atoms with Gasteiger partial charge in [0.15, 0.2) is 5.16 Å². The van der Waals surface area contributed by atoms with E-state index < -0.39 is 4.92 Å². The molecule has 0 spiro atoms. The van der Waals surface area contributed by atoms with Crippen LogP contribution in [-0.2, 0) is 4.79 Å². The molecule has 1 aromatic heterocycles. The van der Waals surface area contributed by atoms with E-state index in [9.17, 15) is 19.7 Å². The summed E-state index contributed by atoms with van der Waals surface area (Å²) in [6.07, 6.45) is 0.743. The van der Waals surface area contributed by atoms with Gasteiger partial charge >= 0.3 is 0 Å². The SMILES string of the molecule is CC[C@@H](C)n1c(SCC(=O)Nc2cccc([N+](=O)[O-])c2)nc2ccccc2c1=O. The molecule has 29 heavy (non-hydrogen) atoms. The molecule has 1 atom stereocenters. The van der Waals surface area contributed by atoms with Crippen LogP contribution in [0.3, 0.4) is 0 Å². The number of anilines is 1. The van der Waals surface area contributed by atoms with Gasteiger partial charge in [0.05, 0.1) is 21.6 Å². The van der Waals surface area contributed by atoms with Gasteiger partial charge in [-0.2, -0.15) is 0 Å². The molecule has 0 unspecified atom stereocenters. The molecule has 3 rings (SSSR count). The Hall–Kier alpha value is -3.20. The number of benzene rings is 2. The van der Waals surface area contributed by atoms with Gasteiger partial charge in [-0.1, -0.05) is 36.9 Å². The van der Waals surface area contributed by atoms with Crippen molar-refractivity contribution in [3.63, 3.8) is 0 Å². The maximum atomic E-state index is 12.9. The second-order valence-corrected chi connectivity index (χ2v) is 7.43. The summed E-state index contributed by atoms with van der Waals surface area (Å²) in [5.74, 6) is -0.321. The number of nitrogens with zero attached hydrogens (tertiary/aromatic N) is 3. The van der Waals surface area contributed by atoms with Crippen LogP contribution in [0.25, 0.3) is 10.9 Å². The van der Waals surface area contributed by atoms with E-state index in [4.69, 9.17) is 0 Å². The van der Waals surface area contributed by atoms with Gasteiger partial charge < -0.3 is 5.32 Å². The first-order chi connectivity index (χ1) is 13.9. The van der Waals surface area contributed by atoms with E-state index in [-0.39, 0.29) is 28.9 Å². The Morgan fingerprint density at radius 2 is 2.03 bits per heavy atom. The molecule has 1 heterocycles. The summed E-state index contributed by atoms with van der Waals surface area (Å²) in [7, 11) is 0. The summed E-state index contributed by atoms with van der Waals surface area (Å²) in [5, 5.41) is 14.5. The minimum Gasteiger partial charge on any atom is -0.325 e. The number of nitrogens with one attached hydrogen (secondary N) is 1. The third-order valence-corrected chi connectivity index (χ3v) is 5.43. The highest BCUT2D eigenvalue weighted by atomic mass is 32.2. The average molecular weight is 412 g/mol. The normalized spacial score (nSPS) is 11.9. The van der Waals surface area contributed by atoms with Crippen LogP contribution < -0.4 is 10.9 Å². The second-order valence-electron chi connectivity index (χ2n) is 6.49. The number of nitro benzene ring substituents is 1.